The Morgan fingerprint density at radius 1 is 1.44 bits per heavy atom. The molecule has 4 heteroatoms. The van der Waals surface area contributed by atoms with Crippen molar-refractivity contribution in [3.05, 3.63) is 58.4 Å². The van der Waals surface area contributed by atoms with Crippen LogP contribution in [0.3, 0.4) is 0 Å². The Bertz CT molecular complexity index is 670. The lowest BCUT2D eigenvalue weighted by atomic mass is 10.1. The number of para-hydroxylation sites is 1. The third-order valence-electron chi connectivity index (χ3n) is 2.75. The standard InChI is InChI=1S/C14H13NO3/c1-3-6-10-12(14(17)18-2)15-11-8-5-4-7-9(11)13(10)16/h3-5,7-8H,1,6H2,2H3,(H,15,16). The van der Waals surface area contributed by atoms with E-state index in [1.54, 1.807) is 30.3 Å². The monoisotopic (exact) mass is 243 g/mol. The molecule has 1 aromatic heterocycles. The first-order valence-electron chi connectivity index (χ1n) is 5.52. The van der Waals surface area contributed by atoms with Crippen LogP contribution >= 0.6 is 0 Å². The quantitative estimate of drug-likeness (QED) is 0.663. The number of aromatic nitrogens is 1. The molecule has 1 N–H and O–H groups in total. The molecule has 0 atom stereocenters. The van der Waals surface area contributed by atoms with Crippen LogP contribution in [-0.4, -0.2) is 18.1 Å². The largest absolute Gasteiger partial charge is 0.464 e. The number of hydrogen-bond acceptors (Lipinski definition) is 3. The number of esters is 1. The molecule has 0 saturated carbocycles. The van der Waals surface area contributed by atoms with E-state index in [2.05, 4.69) is 16.3 Å². The van der Waals surface area contributed by atoms with Gasteiger partial charge in [-0.1, -0.05) is 18.2 Å². The summed E-state index contributed by atoms with van der Waals surface area (Å²) in [6.07, 6.45) is 1.91. The fraction of sp³-hybridized carbons (Fsp3) is 0.143. The van der Waals surface area contributed by atoms with Crippen LogP contribution in [0.25, 0.3) is 10.9 Å². The Balaban J connectivity index is 2.83. The van der Waals surface area contributed by atoms with Crippen molar-refractivity contribution in [1.29, 1.82) is 0 Å². The van der Waals surface area contributed by atoms with Crippen LogP contribution in [0.4, 0.5) is 0 Å². The molecule has 0 spiro atoms. The first kappa shape index (κ1) is 12.1. The lowest BCUT2D eigenvalue weighted by Gasteiger charge is -2.08. The zero-order chi connectivity index (χ0) is 13.1. The minimum absolute atomic E-state index is 0.162. The lowest BCUT2D eigenvalue weighted by Crippen LogP contribution is -2.18. The number of allylic oxidation sites excluding steroid dienone is 1. The van der Waals surface area contributed by atoms with Crippen molar-refractivity contribution in [3.8, 4) is 0 Å². The van der Waals surface area contributed by atoms with Gasteiger partial charge >= 0.3 is 5.97 Å². The minimum Gasteiger partial charge on any atom is -0.464 e. The maximum atomic E-state index is 12.3. The summed E-state index contributed by atoms with van der Waals surface area (Å²) in [5.41, 5.74) is 1.04. The second-order valence-corrected chi connectivity index (χ2v) is 3.84. The minimum atomic E-state index is -0.547. The second-order valence-electron chi connectivity index (χ2n) is 3.84. The first-order chi connectivity index (χ1) is 8.69. The summed E-state index contributed by atoms with van der Waals surface area (Å²) in [6, 6.07) is 7.06. The van der Waals surface area contributed by atoms with Gasteiger partial charge in [0.1, 0.15) is 5.69 Å². The van der Waals surface area contributed by atoms with Gasteiger partial charge in [0.05, 0.1) is 7.11 Å². The maximum Gasteiger partial charge on any atom is 0.354 e. The number of carbonyl (C=O) groups excluding carboxylic acids is 1. The Kier molecular flexibility index (Phi) is 3.28. The van der Waals surface area contributed by atoms with Crippen LogP contribution in [0, 0.1) is 0 Å². The van der Waals surface area contributed by atoms with E-state index in [-0.39, 0.29) is 11.1 Å². The third-order valence-corrected chi connectivity index (χ3v) is 2.75. The van der Waals surface area contributed by atoms with Gasteiger partial charge in [0.2, 0.25) is 0 Å². The topological polar surface area (TPSA) is 59.2 Å². The summed E-state index contributed by atoms with van der Waals surface area (Å²) in [6.45, 7) is 3.60. The molecule has 0 aliphatic heterocycles. The molecule has 4 nitrogen and oxygen atoms in total. The van der Waals surface area contributed by atoms with Gasteiger partial charge in [0, 0.05) is 16.5 Å². The Hall–Kier alpha value is -2.36. The number of benzene rings is 1. The molecule has 0 radical (unpaired) electrons. The molecule has 2 aromatic rings. The molecule has 92 valence electrons. The number of methoxy groups -OCH3 is 1. The van der Waals surface area contributed by atoms with Crippen LogP contribution in [-0.2, 0) is 11.2 Å². The van der Waals surface area contributed by atoms with E-state index >= 15 is 0 Å². The van der Waals surface area contributed by atoms with Gasteiger partial charge in [-0.3, -0.25) is 4.79 Å². The number of carbonyl (C=O) groups is 1. The van der Waals surface area contributed by atoms with Gasteiger partial charge in [-0.15, -0.1) is 6.58 Å². The molecule has 0 aliphatic rings. The Morgan fingerprint density at radius 2 is 2.17 bits per heavy atom. The Morgan fingerprint density at radius 3 is 2.83 bits per heavy atom. The zero-order valence-electron chi connectivity index (χ0n) is 10.0. The average Bonchev–Trinajstić information content (AvgIpc) is 2.41. The molecule has 2 rings (SSSR count). The van der Waals surface area contributed by atoms with Crippen LogP contribution in [0.2, 0.25) is 0 Å². The Labute approximate surface area is 104 Å². The van der Waals surface area contributed by atoms with E-state index in [4.69, 9.17) is 0 Å². The van der Waals surface area contributed by atoms with Gasteiger partial charge < -0.3 is 9.72 Å². The highest BCUT2D eigenvalue weighted by atomic mass is 16.5. The van der Waals surface area contributed by atoms with E-state index in [1.807, 2.05) is 0 Å². The van der Waals surface area contributed by atoms with Crippen LogP contribution in [0.5, 0.6) is 0 Å². The summed E-state index contributed by atoms with van der Waals surface area (Å²) in [4.78, 5) is 26.9. The van der Waals surface area contributed by atoms with Crippen molar-refractivity contribution in [2.75, 3.05) is 7.11 Å². The van der Waals surface area contributed by atoms with Crippen LogP contribution in [0.1, 0.15) is 16.1 Å². The smallest absolute Gasteiger partial charge is 0.354 e. The molecule has 1 aromatic carbocycles. The molecule has 0 saturated heterocycles. The van der Waals surface area contributed by atoms with E-state index in [1.165, 1.54) is 7.11 Å². The normalized spacial score (nSPS) is 10.3. The fourth-order valence-corrected chi connectivity index (χ4v) is 1.89. The van der Waals surface area contributed by atoms with Gasteiger partial charge in [0.15, 0.2) is 5.43 Å². The molecule has 0 aliphatic carbocycles. The molecule has 0 fully saturated rings. The van der Waals surface area contributed by atoms with Crippen molar-refractivity contribution in [3.63, 3.8) is 0 Å². The van der Waals surface area contributed by atoms with Crippen molar-refractivity contribution in [2.24, 2.45) is 0 Å². The molecular weight excluding hydrogens is 230 g/mol. The number of nitrogens with one attached hydrogen (secondary N) is 1. The SMILES string of the molecule is C=CCc1c(C(=O)OC)[nH]c2ccccc2c1=O. The predicted octanol–water partition coefficient (Wildman–Crippen LogP) is 2.04. The number of fused-ring (bicyclic) bond motifs is 1. The highest BCUT2D eigenvalue weighted by Gasteiger charge is 2.16. The number of hydrogen-bond donors (Lipinski definition) is 1. The summed E-state index contributed by atoms with van der Waals surface area (Å²) in [7, 11) is 1.29. The molecule has 0 bridgehead atoms. The second kappa shape index (κ2) is 4.87. The van der Waals surface area contributed by atoms with Crippen molar-refractivity contribution in [1.82, 2.24) is 4.98 Å². The predicted molar refractivity (Wildman–Crippen MR) is 69.8 cm³/mol. The highest BCUT2D eigenvalue weighted by molar-refractivity contribution is 5.92. The highest BCUT2D eigenvalue weighted by Crippen LogP contribution is 2.13. The van der Waals surface area contributed by atoms with Crippen molar-refractivity contribution < 1.29 is 9.53 Å². The van der Waals surface area contributed by atoms with Gasteiger partial charge in [-0.05, 0) is 18.6 Å². The van der Waals surface area contributed by atoms with Gasteiger partial charge in [0.25, 0.3) is 0 Å². The number of ether oxygens (including phenoxy) is 1. The van der Waals surface area contributed by atoms with Crippen LogP contribution in [0.15, 0.2) is 41.7 Å². The van der Waals surface area contributed by atoms with Gasteiger partial charge in [-0.25, -0.2) is 4.79 Å². The summed E-state index contributed by atoms with van der Waals surface area (Å²) >= 11 is 0. The number of aromatic amines is 1. The fourth-order valence-electron chi connectivity index (χ4n) is 1.89. The van der Waals surface area contributed by atoms with Gasteiger partial charge in [-0.2, -0.15) is 0 Å². The maximum absolute atomic E-state index is 12.3. The summed E-state index contributed by atoms with van der Waals surface area (Å²) in [5.74, 6) is -0.547. The summed E-state index contributed by atoms with van der Waals surface area (Å²) in [5, 5.41) is 0.557. The van der Waals surface area contributed by atoms with E-state index < -0.39 is 5.97 Å². The van der Waals surface area contributed by atoms with E-state index in [0.717, 1.165) is 0 Å². The number of rotatable bonds is 3. The third kappa shape index (κ3) is 1.93. The molecular formula is C14H13NO3. The van der Waals surface area contributed by atoms with Crippen molar-refractivity contribution >= 4 is 16.9 Å². The summed E-state index contributed by atoms with van der Waals surface area (Å²) < 4.78 is 4.68. The molecule has 18 heavy (non-hydrogen) atoms. The molecule has 0 unspecified atom stereocenters. The van der Waals surface area contributed by atoms with E-state index in [9.17, 15) is 9.59 Å². The number of H-pyrrole nitrogens is 1. The first-order valence-corrected chi connectivity index (χ1v) is 5.52. The molecule has 1 heterocycles. The zero-order valence-corrected chi connectivity index (χ0v) is 10.0. The van der Waals surface area contributed by atoms with E-state index in [0.29, 0.717) is 22.9 Å². The molecule has 0 amide bonds. The number of pyridine rings is 1. The lowest BCUT2D eigenvalue weighted by molar-refractivity contribution is 0.0593. The van der Waals surface area contributed by atoms with Crippen molar-refractivity contribution in [2.45, 2.75) is 6.42 Å². The average molecular weight is 243 g/mol. The van der Waals surface area contributed by atoms with Crippen LogP contribution < -0.4 is 5.43 Å².